The number of carbonyl (C=O) groups excluding carboxylic acids is 1. The number of aliphatic hydroxyl groups is 1. The van der Waals surface area contributed by atoms with E-state index in [4.69, 9.17) is 0 Å². The van der Waals surface area contributed by atoms with Crippen molar-refractivity contribution in [2.75, 3.05) is 31.1 Å². The zero-order chi connectivity index (χ0) is 19.4. The van der Waals surface area contributed by atoms with Gasteiger partial charge in [0.15, 0.2) is 5.82 Å². The zero-order valence-corrected chi connectivity index (χ0v) is 15.7. The van der Waals surface area contributed by atoms with Crippen molar-refractivity contribution in [3.63, 3.8) is 0 Å². The van der Waals surface area contributed by atoms with Crippen LogP contribution in [0, 0.1) is 5.92 Å². The van der Waals surface area contributed by atoms with Crippen LogP contribution in [0.15, 0.2) is 36.5 Å². The van der Waals surface area contributed by atoms with E-state index in [1.165, 1.54) is 0 Å². The minimum absolute atomic E-state index is 0.143. The summed E-state index contributed by atoms with van der Waals surface area (Å²) in [5.41, 5.74) is 0.588. The highest BCUT2D eigenvalue weighted by Crippen LogP contribution is 2.27. The molecule has 1 atom stereocenters. The summed E-state index contributed by atoms with van der Waals surface area (Å²) in [7, 11) is 0. The van der Waals surface area contributed by atoms with E-state index in [-0.39, 0.29) is 17.6 Å². The molecule has 1 aromatic carbocycles. The molecule has 27 heavy (non-hydrogen) atoms. The number of benzene rings is 1. The maximum absolute atomic E-state index is 12.4. The van der Waals surface area contributed by atoms with Crippen molar-refractivity contribution < 1.29 is 15.0 Å². The number of nitrogens with zero attached hydrogens (tertiary/aromatic N) is 4. The van der Waals surface area contributed by atoms with Gasteiger partial charge in [0, 0.05) is 32.4 Å². The number of hydrogen-bond acceptors (Lipinski definition) is 6. The molecular formula is C20H26N4O3. The van der Waals surface area contributed by atoms with E-state index in [9.17, 15) is 15.0 Å². The molecule has 0 radical (unpaired) electrons. The molecule has 1 aliphatic heterocycles. The second-order valence-electron chi connectivity index (χ2n) is 7.21. The van der Waals surface area contributed by atoms with Crippen LogP contribution in [0.1, 0.15) is 20.3 Å². The van der Waals surface area contributed by atoms with Crippen LogP contribution >= 0.6 is 0 Å². The van der Waals surface area contributed by atoms with Crippen molar-refractivity contribution in [3.05, 3.63) is 36.5 Å². The van der Waals surface area contributed by atoms with Crippen molar-refractivity contribution in [1.29, 1.82) is 0 Å². The minimum atomic E-state index is -0.928. The van der Waals surface area contributed by atoms with Gasteiger partial charge in [-0.1, -0.05) is 26.0 Å². The van der Waals surface area contributed by atoms with Gasteiger partial charge in [-0.15, -0.1) is 0 Å². The molecule has 0 saturated carbocycles. The summed E-state index contributed by atoms with van der Waals surface area (Å²) < 4.78 is 0. The summed E-state index contributed by atoms with van der Waals surface area (Å²) in [6, 6.07) is 8.80. The Balaban J connectivity index is 1.66. The fraction of sp³-hybridized carbons (Fsp3) is 0.450. The molecule has 1 fully saturated rings. The van der Waals surface area contributed by atoms with Gasteiger partial charge in [-0.2, -0.15) is 0 Å². The third-order valence-electron chi connectivity index (χ3n) is 4.68. The summed E-state index contributed by atoms with van der Waals surface area (Å²) >= 11 is 0. The number of aromatic hydroxyl groups is 1. The number of carbonyl (C=O) groups is 1. The molecule has 2 heterocycles. The summed E-state index contributed by atoms with van der Waals surface area (Å²) in [6.07, 6.45) is 1.23. The molecule has 7 nitrogen and oxygen atoms in total. The second-order valence-corrected chi connectivity index (χ2v) is 7.21. The number of hydrogen-bond donors (Lipinski definition) is 2. The average Bonchev–Trinajstić information content (AvgIpc) is 2.67. The van der Waals surface area contributed by atoms with Crippen LogP contribution in [0.25, 0.3) is 11.4 Å². The largest absolute Gasteiger partial charge is 0.507 e. The molecule has 0 aliphatic carbocycles. The summed E-state index contributed by atoms with van der Waals surface area (Å²) in [4.78, 5) is 25.0. The van der Waals surface area contributed by atoms with Gasteiger partial charge in [0.25, 0.3) is 5.91 Å². The van der Waals surface area contributed by atoms with Crippen molar-refractivity contribution in [1.82, 2.24) is 14.9 Å². The van der Waals surface area contributed by atoms with Gasteiger partial charge in [-0.05, 0) is 30.5 Å². The standard InChI is InChI=1S/C20H26N4O3/c1-14(2)13-17(26)20(27)24-11-9-23(10-12-24)18-7-8-21-19(22-18)15-5-3-4-6-16(15)25/h3-8,14,17,25-26H,9-13H2,1-2H3. The van der Waals surface area contributed by atoms with Gasteiger partial charge >= 0.3 is 0 Å². The predicted molar refractivity (Wildman–Crippen MR) is 103 cm³/mol. The molecule has 1 aliphatic rings. The smallest absolute Gasteiger partial charge is 0.251 e. The number of amides is 1. The highest BCUT2D eigenvalue weighted by molar-refractivity contribution is 5.81. The van der Waals surface area contributed by atoms with E-state index in [0.717, 1.165) is 5.82 Å². The van der Waals surface area contributed by atoms with Crippen LogP contribution < -0.4 is 4.90 Å². The molecule has 0 bridgehead atoms. The van der Waals surface area contributed by atoms with Crippen molar-refractivity contribution in [2.45, 2.75) is 26.4 Å². The highest BCUT2D eigenvalue weighted by atomic mass is 16.3. The Morgan fingerprint density at radius 3 is 2.52 bits per heavy atom. The SMILES string of the molecule is CC(C)CC(O)C(=O)N1CCN(c2ccnc(-c3ccccc3O)n2)CC1. The fourth-order valence-corrected chi connectivity index (χ4v) is 3.23. The molecule has 144 valence electrons. The first-order valence-electron chi connectivity index (χ1n) is 9.29. The highest BCUT2D eigenvalue weighted by Gasteiger charge is 2.27. The maximum atomic E-state index is 12.4. The van der Waals surface area contributed by atoms with E-state index in [0.29, 0.717) is 44.0 Å². The van der Waals surface area contributed by atoms with Crippen molar-refractivity contribution in [3.8, 4) is 17.1 Å². The number of aromatic nitrogens is 2. The summed E-state index contributed by atoms with van der Waals surface area (Å²) in [5, 5.41) is 20.1. The number of anilines is 1. The molecule has 3 rings (SSSR count). The van der Waals surface area contributed by atoms with Gasteiger partial charge in [0.2, 0.25) is 0 Å². The monoisotopic (exact) mass is 370 g/mol. The quantitative estimate of drug-likeness (QED) is 0.836. The van der Waals surface area contributed by atoms with Crippen LogP contribution in [-0.4, -0.2) is 63.3 Å². The number of para-hydroxylation sites is 1. The first-order chi connectivity index (χ1) is 13.0. The van der Waals surface area contributed by atoms with Crippen molar-refractivity contribution >= 4 is 11.7 Å². The molecule has 2 aromatic rings. The third-order valence-corrected chi connectivity index (χ3v) is 4.68. The predicted octanol–water partition coefficient (Wildman–Crippen LogP) is 1.90. The Kier molecular flexibility index (Phi) is 5.91. The van der Waals surface area contributed by atoms with Crippen LogP contribution in [0.3, 0.4) is 0 Å². The van der Waals surface area contributed by atoms with Gasteiger partial charge in [-0.25, -0.2) is 9.97 Å². The third kappa shape index (κ3) is 4.54. The average molecular weight is 370 g/mol. The lowest BCUT2D eigenvalue weighted by Gasteiger charge is -2.36. The Hall–Kier alpha value is -2.67. The van der Waals surface area contributed by atoms with Crippen LogP contribution in [0.4, 0.5) is 5.82 Å². The molecular weight excluding hydrogens is 344 g/mol. The molecule has 2 N–H and O–H groups in total. The zero-order valence-electron chi connectivity index (χ0n) is 15.7. The number of piperazine rings is 1. The Bertz CT molecular complexity index is 788. The second kappa shape index (κ2) is 8.35. The Morgan fingerprint density at radius 1 is 1.15 bits per heavy atom. The van der Waals surface area contributed by atoms with E-state index in [2.05, 4.69) is 14.9 Å². The van der Waals surface area contributed by atoms with Crippen LogP contribution in [0.5, 0.6) is 5.75 Å². The summed E-state index contributed by atoms with van der Waals surface area (Å²) in [5.74, 6) is 1.46. The first kappa shape index (κ1) is 19.1. The van der Waals surface area contributed by atoms with E-state index >= 15 is 0 Å². The Labute approximate surface area is 159 Å². The number of phenols is 1. The van der Waals surface area contributed by atoms with Gasteiger partial charge < -0.3 is 20.0 Å². The van der Waals surface area contributed by atoms with Gasteiger partial charge in [0.1, 0.15) is 17.7 Å². The summed E-state index contributed by atoms with van der Waals surface area (Å²) in [6.45, 7) is 6.35. The maximum Gasteiger partial charge on any atom is 0.251 e. The van der Waals surface area contributed by atoms with Crippen molar-refractivity contribution in [2.24, 2.45) is 5.92 Å². The molecule has 1 unspecified atom stereocenters. The van der Waals surface area contributed by atoms with E-state index in [1.54, 1.807) is 29.3 Å². The van der Waals surface area contributed by atoms with Crippen LogP contribution in [0.2, 0.25) is 0 Å². The molecule has 1 saturated heterocycles. The van der Waals surface area contributed by atoms with E-state index in [1.807, 2.05) is 26.0 Å². The molecule has 0 spiro atoms. The fourth-order valence-electron chi connectivity index (χ4n) is 3.23. The number of aliphatic hydroxyl groups excluding tert-OH is 1. The first-order valence-corrected chi connectivity index (χ1v) is 9.29. The van der Waals surface area contributed by atoms with Crippen LogP contribution in [-0.2, 0) is 4.79 Å². The molecule has 1 amide bonds. The molecule has 1 aromatic heterocycles. The lowest BCUT2D eigenvalue weighted by Crippen LogP contribution is -2.51. The Morgan fingerprint density at radius 2 is 1.85 bits per heavy atom. The normalized spacial score (nSPS) is 15.9. The topological polar surface area (TPSA) is 89.8 Å². The molecule has 7 heteroatoms. The van der Waals surface area contributed by atoms with Gasteiger partial charge in [0.05, 0.1) is 5.56 Å². The van der Waals surface area contributed by atoms with Gasteiger partial charge in [-0.3, -0.25) is 4.79 Å². The lowest BCUT2D eigenvalue weighted by atomic mass is 10.0. The lowest BCUT2D eigenvalue weighted by molar-refractivity contribution is -0.141. The number of rotatable bonds is 5. The number of phenolic OH excluding ortho intramolecular Hbond substituents is 1. The minimum Gasteiger partial charge on any atom is -0.507 e. The van der Waals surface area contributed by atoms with E-state index < -0.39 is 6.10 Å².